The standard InChI is InChI=1S/C19H21BrN4O4/c1-2-28-19(25)14-4-7-18(21-13-14)23-9-3-8-22(10-11-23)17-6-5-15(24(26)27)12-16(17)20/h4-7,12-13H,2-3,8-11H2,1H3. The molecule has 2 aromatic rings. The maximum atomic E-state index is 11.8. The Bertz CT molecular complexity index is 860. The van der Waals surface area contributed by atoms with E-state index in [1.807, 2.05) is 6.07 Å². The number of nitrogens with zero attached hydrogens (tertiary/aromatic N) is 4. The highest BCUT2D eigenvalue weighted by Gasteiger charge is 2.20. The molecule has 1 aromatic carbocycles. The van der Waals surface area contributed by atoms with Crippen molar-refractivity contribution in [1.82, 2.24) is 4.98 Å². The molecule has 1 fully saturated rings. The second kappa shape index (κ2) is 9.01. The van der Waals surface area contributed by atoms with Crippen LogP contribution in [0, 0.1) is 10.1 Å². The lowest BCUT2D eigenvalue weighted by Gasteiger charge is -2.25. The number of benzene rings is 1. The van der Waals surface area contributed by atoms with Crippen LogP contribution in [0.25, 0.3) is 0 Å². The first-order valence-corrected chi connectivity index (χ1v) is 9.86. The number of anilines is 2. The van der Waals surface area contributed by atoms with Crippen LogP contribution in [0.2, 0.25) is 0 Å². The highest BCUT2D eigenvalue weighted by atomic mass is 79.9. The topological polar surface area (TPSA) is 88.8 Å². The van der Waals surface area contributed by atoms with Crippen LogP contribution in [-0.2, 0) is 4.74 Å². The molecule has 2 heterocycles. The molecule has 0 bridgehead atoms. The van der Waals surface area contributed by atoms with Gasteiger partial charge in [-0.25, -0.2) is 9.78 Å². The molecule has 0 N–H and O–H groups in total. The van der Waals surface area contributed by atoms with Gasteiger partial charge in [0, 0.05) is 49.0 Å². The average Bonchev–Trinajstić information content (AvgIpc) is 2.94. The van der Waals surface area contributed by atoms with Gasteiger partial charge in [-0.1, -0.05) is 0 Å². The lowest BCUT2D eigenvalue weighted by atomic mass is 10.2. The van der Waals surface area contributed by atoms with Crippen LogP contribution in [0.4, 0.5) is 17.2 Å². The minimum absolute atomic E-state index is 0.0676. The van der Waals surface area contributed by atoms with Gasteiger partial charge < -0.3 is 14.5 Å². The van der Waals surface area contributed by atoms with Gasteiger partial charge in [0.1, 0.15) is 5.82 Å². The normalized spacial score (nSPS) is 14.5. The zero-order valence-electron chi connectivity index (χ0n) is 15.5. The molecule has 0 amide bonds. The van der Waals surface area contributed by atoms with Crippen LogP contribution < -0.4 is 9.80 Å². The van der Waals surface area contributed by atoms with Crippen molar-refractivity contribution in [2.24, 2.45) is 0 Å². The van der Waals surface area contributed by atoms with E-state index in [2.05, 4.69) is 30.7 Å². The Labute approximate surface area is 171 Å². The molecule has 3 rings (SSSR count). The first-order valence-electron chi connectivity index (χ1n) is 9.06. The number of nitro benzene ring substituents is 1. The Balaban J connectivity index is 1.68. The number of pyridine rings is 1. The number of ether oxygens (including phenoxy) is 1. The Morgan fingerprint density at radius 3 is 2.61 bits per heavy atom. The number of esters is 1. The van der Waals surface area contributed by atoms with Crippen molar-refractivity contribution in [2.45, 2.75) is 13.3 Å². The molecule has 0 unspecified atom stereocenters. The number of halogens is 1. The fourth-order valence-electron chi connectivity index (χ4n) is 3.16. The van der Waals surface area contributed by atoms with E-state index < -0.39 is 4.92 Å². The summed E-state index contributed by atoms with van der Waals surface area (Å²) in [6.07, 6.45) is 2.47. The van der Waals surface area contributed by atoms with Gasteiger partial charge in [0.25, 0.3) is 5.69 Å². The third-order valence-electron chi connectivity index (χ3n) is 4.56. The van der Waals surface area contributed by atoms with E-state index in [1.165, 1.54) is 12.1 Å². The SMILES string of the molecule is CCOC(=O)c1ccc(N2CCCN(c3ccc([N+](=O)[O-])cc3Br)CC2)nc1. The van der Waals surface area contributed by atoms with Crippen LogP contribution in [0.3, 0.4) is 0 Å². The molecular weight excluding hydrogens is 428 g/mol. The van der Waals surface area contributed by atoms with Crippen LogP contribution >= 0.6 is 15.9 Å². The largest absolute Gasteiger partial charge is 0.462 e. The second-order valence-electron chi connectivity index (χ2n) is 6.35. The number of carbonyl (C=O) groups is 1. The van der Waals surface area contributed by atoms with E-state index in [9.17, 15) is 14.9 Å². The van der Waals surface area contributed by atoms with E-state index in [-0.39, 0.29) is 11.7 Å². The molecule has 28 heavy (non-hydrogen) atoms. The minimum atomic E-state index is -0.398. The van der Waals surface area contributed by atoms with Crippen molar-refractivity contribution in [3.8, 4) is 0 Å². The molecule has 1 aromatic heterocycles. The fourth-order valence-corrected chi connectivity index (χ4v) is 3.78. The van der Waals surface area contributed by atoms with Crippen molar-refractivity contribution in [3.63, 3.8) is 0 Å². The lowest BCUT2D eigenvalue weighted by Crippen LogP contribution is -2.31. The summed E-state index contributed by atoms with van der Waals surface area (Å²) in [5.74, 6) is 0.448. The first-order chi connectivity index (χ1) is 13.5. The van der Waals surface area contributed by atoms with E-state index in [4.69, 9.17) is 4.74 Å². The van der Waals surface area contributed by atoms with Crippen LogP contribution in [-0.4, -0.2) is 48.7 Å². The number of non-ortho nitro benzene ring substituents is 1. The molecule has 1 aliphatic rings. The van der Waals surface area contributed by atoms with Gasteiger partial charge in [0.15, 0.2) is 0 Å². The Morgan fingerprint density at radius 2 is 1.96 bits per heavy atom. The van der Waals surface area contributed by atoms with Gasteiger partial charge in [-0.15, -0.1) is 0 Å². The van der Waals surface area contributed by atoms with Gasteiger partial charge >= 0.3 is 5.97 Å². The molecule has 0 aliphatic carbocycles. The molecule has 0 radical (unpaired) electrons. The average molecular weight is 449 g/mol. The summed E-state index contributed by atoms with van der Waals surface area (Å²) in [5.41, 5.74) is 1.45. The van der Waals surface area contributed by atoms with E-state index in [0.29, 0.717) is 16.6 Å². The monoisotopic (exact) mass is 448 g/mol. The third-order valence-corrected chi connectivity index (χ3v) is 5.20. The predicted octanol–water partition coefficient (Wildman–Crippen LogP) is 3.65. The summed E-state index contributed by atoms with van der Waals surface area (Å²) in [7, 11) is 0. The number of hydrogen-bond donors (Lipinski definition) is 0. The number of nitro groups is 1. The van der Waals surface area contributed by atoms with Gasteiger partial charge in [-0.05, 0) is 47.5 Å². The van der Waals surface area contributed by atoms with Crippen molar-refractivity contribution >= 4 is 39.1 Å². The molecule has 148 valence electrons. The lowest BCUT2D eigenvalue weighted by molar-refractivity contribution is -0.384. The number of aromatic nitrogens is 1. The zero-order chi connectivity index (χ0) is 20.1. The van der Waals surface area contributed by atoms with E-state index in [0.717, 1.165) is 44.1 Å². The van der Waals surface area contributed by atoms with Crippen molar-refractivity contribution < 1.29 is 14.5 Å². The summed E-state index contributed by atoms with van der Waals surface area (Å²) < 4.78 is 5.70. The quantitative estimate of drug-likeness (QED) is 0.391. The maximum Gasteiger partial charge on any atom is 0.339 e. The molecule has 0 saturated carbocycles. The van der Waals surface area contributed by atoms with E-state index >= 15 is 0 Å². The molecule has 1 saturated heterocycles. The van der Waals surface area contributed by atoms with Crippen LogP contribution in [0.5, 0.6) is 0 Å². The van der Waals surface area contributed by atoms with Crippen molar-refractivity contribution in [1.29, 1.82) is 0 Å². The van der Waals surface area contributed by atoms with Gasteiger partial charge in [-0.3, -0.25) is 10.1 Å². The first kappa shape index (κ1) is 20.1. The molecule has 0 spiro atoms. The van der Waals surface area contributed by atoms with Gasteiger partial charge in [0.2, 0.25) is 0 Å². The summed E-state index contributed by atoms with van der Waals surface area (Å²) in [4.78, 5) is 31.1. The molecule has 0 atom stereocenters. The van der Waals surface area contributed by atoms with Crippen LogP contribution in [0.1, 0.15) is 23.7 Å². The fraction of sp³-hybridized carbons (Fsp3) is 0.368. The summed E-state index contributed by atoms with van der Waals surface area (Å²) >= 11 is 3.45. The molecule has 9 heteroatoms. The van der Waals surface area contributed by atoms with Crippen LogP contribution in [0.15, 0.2) is 41.0 Å². The Kier molecular flexibility index (Phi) is 6.45. The smallest absolute Gasteiger partial charge is 0.339 e. The maximum absolute atomic E-state index is 11.8. The third kappa shape index (κ3) is 4.59. The van der Waals surface area contributed by atoms with Gasteiger partial charge in [-0.2, -0.15) is 0 Å². The summed E-state index contributed by atoms with van der Waals surface area (Å²) in [5, 5.41) is 10.9. The highest BCUT2D eigenvalue weighted by Crippen LogP contribution is 2.31. The van der Waals surface area contributed by atoms with Crippen molar-refractivity contribution in [3.05, 3.63) is 56.7 Å². The van der Waals surface area contributed by atoms with E-state index in [1.54, 1.807) is 25.3 Å². The zero-order valence-corrected chi connectivity index (χ0v) is 17.1. The number of hydrogen-bond acceptors (Lipinski definition) is 7. The number of carbonyl (C=O) groups excluding carboxylic acids is 1. The Hall–Kier alpha value is -2.68. The summed E-state index contributed by atoms with van der Waals surface area (Å²) in [6, 6.07) is 8.41. The Morgan fingerprint density at radius 1 is 1.21 bits per heavy atom. The molecule has 1 aliphatic heterocycles. The molecular formula is C19H21BrN4O4. The second-order valence-corrected chi connectivity index (χ2v) is 7.20. The predicted molar refractivity (Wildman–Crippen MR) is 110 cm³/mol. The summed E-state index contributed by atoms with van der Waals surface area (Å²) in [6.45, 7) is 5.31. The van der Waals surface area contributed by atoms with Gasteiger partial charge in [0.05, 0.1) is 22.8 Å². The molecule has 8 nitrogen and oxygen atoms in total. The highest BCUT2D eigenvalue weighted by molar-refractivity contribution is 9.10. The number of rotatable bonds is 5. The van der Waals surface area contributed by atoms with Crippen molar-refractivity contribution in [2.75, 3.05) is 42.6 Å². The minimum Gasteiger partial charge on any atom is -0.462 e.